The van der Waals surface area contributed by atoms with Crippen LogP contribution in [0.3, 0.4) is 0 Å². The van der Waals surface area contributed by atoms with Crippen LogP contribution in [0.5, 0.6) is 0 Å². The number of nitrogens with two attached hydrogens (primary N) is 1. The second-order valence-corrected chi connectivity index (χ2v) is 3.69. The minimum atomic E-state index is -0.397. The Morgan fingerprint density at radius 1 is 1.41 bits per heavy atom. The van der Waals surface area contributed by atoms with E-state index in [0.29, 0.717) is 11.4 Å². The smallest absolute Gasteiger partial charge is 0.274 e. The number of aromatic nitrogens is 2. The maximum Gasteiger partial charge on any atom is 0.274 e. The van der Waals surface area contributed by atoms with E-state index in [1.54, 1.807) is 35.1 Å². The lowest BCUT2D eigenvalue weighted by Crippen LogP contribution is -2.12. The van der Waals surface area contributed by atoms with E-state index in [1.807, 2.05) is 6.92 Å². The molecule has 1 aromatic carbocycles. The van der Waals surface area contributed by atoms with Gasteiger partial charge in [0.05, 0.1) is 22.7 Å². The molecule has 0 bridgehead atoms. The summed E-state index contributed by atoms with van der Waals surface area (Å²) in [5.41, 5.74) is 6.40. The highest BCUT2D eigenvalue weighted by molar-refractivity contribution is 5.43. The van der Waals surface area contributed by atoms with Crippen LogP contribution in [0.2, 0.25) is 0 Å². The topological polar surface area (TPSA) is 87.0 Å². The van der Waals surface area contributed by atoms with Crippen molar-refractivity contribution >= 4 is 11.5 Å². The van der Waals surface area contributed by atoms with Gasteiger partial charge in [-0.15, -0.1) is 0 Å². The van der Waals surface area contributed by atoms with E-state index >= 15 is 0 Å². The molecule has 2 N–H and O–H groups in total. The van der Waals surface area contributed by atoms with Gasteiger partial charge in [-0.25, -0.2) is 4.68 Å². The number of hydrogen-bond donors (Lipinski definition) is 1. The molecule has 0 saturated carbocycles. The van der Waals surface area contributed by atoms with Crippen molar-refractivity contribution < 1.29 is 4.92 Å². The summed E-state index contributed by atoms with van der Waals surface area (Å²) in [6.07, 6.45) is 1.57. The standard InChI is InChI=1S/C11H12N4O2/c1-8(14-11(12)6-7-13-14)9-4-2-3-5-10(9)15(16)17/h2-8H,12H2,1H3. The van der Waals surface area contributed by atoms with Crippen LogP contribution in [0.15, 0.2) is 36.5 Å². The lowest BCUT2D eigenvalue weighted by atomic mass is 10.1. The molecule has 2 aromatic rings. The average Bonchev–Trinajstić information content (AvgIpc) is 2.74. The number of nitrogen functional groups attached to an aromatic ring is 1. The Kier molecular flexibility index (Phi) is 2.78. The fourth-order valence-corrected chi connectivity index (χ4v) is 1.79. The molecule has 0 amide bonds. The van der Waals surface area contributed by atoms with Crippen molar-refractivity contribution in [3.63, 3.8) is 0 Å². The molecule has 0 saturated heterocycles. The minimum absolute atomic E-state index is 0.0786. The Balaban J connectivity index is 2.48. The second-order valence-electron chi connectivity index (χ2n) is 3.69. The normalized spacial score (nSPS) is 12.3. The summed E-state index contributed by atoms with van der Waals surface area (Å²) >= 11 is 0. The summed E-state index contributed by atoms with van der Waals surface area (Å²) in [6.45, 7) is 1.83. The SMILES string of the molecule is CC(c1ccccc1[N+](=O)[O-])n1nccc1N. The fraction of sp³-hybridized carbons (Fsp3) is 0.182. The summed E-state index contributed by atoms with van der Waals surface area (Å²) < 4.78 is 1.56. The molecule has 17 heavy (non-hydrogen) atoms. The molecular weight excluding hydrogens is 220 g/mol. The first-order valence-electron chi connectivity index (χ1n) is 5.13. The van der Waals surface area contributed by atoms with Crippen LogP contribution >= 0.6 is 0 Å². The lowest BCUT2D eigenvalue weighted by Gasteiger charge is -2.14. The van der Waals surface area contributed by atoms with Gasteiger partial charge in [0, 0.05) is 6.07 Å². The van der Waals surface area contributed by atoms with Crippen molar-refractivity contribution in [3.8, 4) is 0 Å². The first-order chi connectivity index (χ1) is 8.11. The molecule has 0 aliphatic rings. The zero-order valence-corrected chi connectivity index (χ0v) is 9.28. The Morgan fingerprint density at radius 2 is 2.12 bits per heavy atom. The summed E-state index contributed by atoms with van der Waals surface area (Å²) in [5.74, 6) is 0.482. The molecule has 6 nitrogen and oxygen atoms in total. The van der Waals surface area contributed by atoms with Gasteiger partial charge in [-0.05, 0) is 13.0 Å². The zero-order chi connectivity index (χ0) is 12.4. The molecule has 0 fully saturated rings. The predicted octanol–water partition coefficient (Wildman–Crippen LogP) is 1.98. The van der Waals surface area contributed by atoms with Crippen LogP contribution in [0.1, 0.15) is 18.5 Å². The quantitative estimate of drug-likeness (QED) is 0.647. The van der Waals surface area contributed by atoms with Gasteiger partial charge >= 0.3 is 0 Å². The maximum atomic E-state index is 10.9. The van der Waals surface area contributed by atoms with Crippen molar-refractivity contribution in [1.82, 2.24) is 9.78 Å². The van der Waals surface area contributed by atoms with Crippen molar-refractivity contribution in [1.29, 1.82) is 0 Å². The highest BCUT2D eigenvalue weighted by Crippen LogP contribution is 2.28. The third kappa shape index (κ3) is 1.96. The number of nitro benzene ring substituents is 1. The largest absolute Gasteiger partial charge is 0.384 e. The molecule has 1 unspecified atom stereocenters. The number of nitrogens with zero attached hydrogens (tertiary/aromatic N) is 3. The zero-order valence-electron chi connectivity index (χ0n) is 9.28. The van der Waals surface area contributed by atoms with Crippen molar-refractivity contribution in [2.75, 3.05) is 5.73 Å². The molecule has 1 aromatic heterocycles. The first-order valence-corrected chi connectivity index (χ1v) is 5.13. The van der Waals surface area contributed by atoms with E-state index in [0.717, 1.165) is 0 Å². The number of benzene rings is 1. The third-order valence-corrected chi connectivity index (χ3v) is 2.65. The van der Waals surface area contributed by atoms with E-state index in [-0.39, 0.29) is 11.7 Å². The van der Waals surface area contributed by atoms with Crippen LogP contribution in [0.4, 0.5) is 11.5 Å². The number of hydrogen-bond acceptors (Lipinski definition) is 4. The van der Waals surface area contributed by atoms with Gasteiger partial charge in [0.25, 0.3) is 5.69 Å². The van der Waals surface area contributed by atoms with Gasteiger partial charge in [-0.1, -0.05) is 18.2 Å². The van der Waals surface area contributed by atoms with Crippen LogP contribution in [-0.4, -0.2) is 14.7 Å². The predicted molar refractivity (Wildman–Crippen MR) is 63.5 cm³/mol. The van der Waals surface area contributed by atoms with Gasteiger partial charge in [0.2, 0.25) is 0 Å². The van der Waals surface area contributed by atoms with Gasteiger partial charge in [-0.2, -0.15) is 5.10 Å². The molecule has 1 heterocycles. The van der Waals surface area contributed by atoms with Crippen LogP contribution in [0.25, 0.3) is 0 Å². The molecule has 2 rings (SSSR count). The van der Waals surface area contributed by atoms with E-state index < -0.39 is 4.92 Å². The first kappa shape index (κ1) is 11.1. The second kappa shape index (κ2) is 4.25. The summed E-state index contributed by atoms with van der Waals surface area (Å²) in [7, 11) is 0. The number of anilines is 1. The monoisotopic (exact) mass is 232 g/mol. The minimum Gasteiger partial charge on any atom is -0.384 e. The Morgan fingerprint density at radius 3 is 2.71 bits per heavy atom. The van der Waals surface area contributed by atoms with Crippen molar-refractivity contribution in [3.05, 3.63) is 52.2 Å². The third-order valence-electron chi connectivity index (χ3n) is 2.65. The van der Waals surface area contributed by atoms with Gasteiger partial charge in [0.1, 0.15) is 5.82 Å². The Bertz CT molecular complexity index is 550. The van der Waals surface area contributed by atoms with E-state index in [2.05, 4.69) is 5.10 Å². The molecule has 1 atom stereocenters. The van der Waals surface area contributed by atoms with Gasteiger partial charge in [0.15, 0.2) is 0 Å². The molecule has 0 aliphatic carbocycles. The lowest BCUT2D eigenvalue weighted by molar-refractivity contribution is -0.385. The molecule has 0 aliphatic heterocycles. The maximum absolute atomic E-state index is 10.9. The van der Waals surface area contributed by atoms with Gasteiger partial charge in [-0.3, -0.25) is 10.1 Å². The molecular formula is C11H12N4O2. The summed E-state index contributed by atoms with van der Waals surface area (Å²) in [4.78, 5) is 10.5. The molecule has 88 valence electrons. The Hall–Kier alpha value is -2.37. The van der Waals surface area contributed by atoms with Crippen molar-refractivity contribution in [2.24, 2.45) is 0 Å². The fourth-order valence-electron chi connectivity index (χ4n) is 1.79. The highest BCUT2D eigenvalue weighted by atomic mass is 16.6. The van der Waals surface area contributed by atoms with E-state index in [1.165, 1.54) is 6.07 Å². The van der Waals surface area contributed by atoms with E-state index in [4.69, 9.17) is 5.73 Å². The van der Waals surface area contributed by atoms with Crippen LogP contribution < -0.4 is 5.73 Å². The van der Waals surface area contributed by atoms with Crippen molar-refractivity contribution in [2.45, 2.75) is 13.0 Å². The number of rotatable bonds is 3. The Labute approximate surface area is 97.8 Å². The average molecular weight is 232 g/mol. The van der Waals surface area contributed by atoms with Crippen LogP contribution in [0, 0.1) is 10.1 Å². The highest BCUT2D eigenvalue weighted by Gasteiger charge is 2.20. The number of para-hydroxylation sites is 1. The summed E-state index contributed by atoms with van der Waals surface area (Å²) in [6, 6.07) is 7.98. The van der Waals surface area contributed by atoms with E-state index in [9.17, 15) is 10.1 Å². The molecule has 0 spiro atoms. The molecule has 6 heteroatoms. The van der Waals surface area contributed by atoms with Crippen LogP contribution in [-0.2, 0) is 0 Å². The van der Waals surface area contributed by atoms with Gasteiger partial charge < -0.3 is 5.73 Å². The molecule has 0 radical (unpaired) electrons. The number of nitro groups is 1. The summed E-state index contributed by atoms with van der Waals surface area (Å²) in [5, 5.41) is 15.0.